The first-order chi connectivity index (χ1) is 10.2. The molecule has 0 saturated carbocycles. The molecule has 0 aliphatic rings. The largest absolute Gasteiger partial charge is 0.493 e. The second-order valence-electron chi connectivity index (χ2n) is 4.68. The summed E-state index contributed by atoms with van der Waals surface area (Å²) in [5.41, 5.74) is 0.796. The molecule has 2 aromatic rings. The average Bonchev–Trinajstić information content (AvgIpc) is 2.49. The third-order valence-corrected chi connectivity index (χ3v) is 3.13. The van der Waals surface area contributed by atoms with E-state index in [2.05, 4.69) is 6.07 Å². The molecule has 1 unspecified atom stereocenters. The maximum absolute atomic E-state index is 13.0. The SMILES string of the molecule is N#CC(CCCOc1cccc(F)c1)c1ccc(F)cc1. The van der Waals surface area contributed by atoms with Gasteiger partial charge >= 0.3 is 0 Å². The molecule has 0 N–H and O–H groups in total. The van der Waals surface area contributed by atoms with Crippen LogP contribution in [0.25, 0.3) is 0 Å². The summed E-state index contributed by atoms with van der Waals surface area (Å²) in [5, 5.41) is 9.17. The Morgan fingerprint density at radius 3 is 2.48 bits per heavy atom. The second kappa shape index (κ2) is 7.39. The highest BCUT2D eigenvalue weighted by Gasteiger charge is 2.10. The minimum Gasteiger partial charge on any atom is -0.493 e. The average molecular weight is 287 g/mol. The molecule has 0 bridgehead atoms. The number of nitrogens with zero attached hydrogens (tertiary/aromatic N) is 1. The fourth-order valence-corrected chi connectivity index (χ4v) is 2.04. The van der Waals surface area contributed by atoms with Gasteiger partial charge in [0.05, 0.1) is 18.6 Å². The molecule has 108 valence electrons. The van der Waals surface area contributed by atoms with Gasteiger partial charge in [-0.25, -0.2) is 8.78 Å². The highest BCUT2D eigenvalue weighted by atomic mass is 19.1. The Bertz CT molecular complexity index is 619. The van der Waals surface area contributed by atoms with Gasteiger partial charge in [-0.15, -0.1) is 0 Å². The molecule has 0 aliphatic carbocycles. The normalized spacial score (nSPS) is 11.7. The van der Waals surface area contributed by atoms with Gasteiger partial charge in [0.15, 0.2) is 0 Å². The summed E-state index contributed by atoms with van der Waals surface area (Å²) >= 11 is 0. The van der Waals surface area contributed by atoms with Gasteiger partial charge in [-0.1, -0.05) is 18.2 Å². The molecule has 0 fully saturated rings. The molecule has 1 atom stereocenters. The Morgan fingerprint density at radius 2 is 1.81 bits per heavy atom. The summed E-state index contributed by atoms with van der Waals surface area (Å²) in [6.07, 6.45) is 1.27. The number of halogens is 2. The number of ether oxygens (including phenoxy) is 1. The Hall–Kier alpha value is -2.41. The number of benzene rings is 2. The number of rotatable bonds is 6. The van der Waals surface area contributed by atoms with Crippen molar-refractivity contribution < 1.29 is 13.5 Å². The Labute approximate surface area is 122 Å². The van der Waals surface area contributed by atoms with Crippen LogP contribution < -0.4 is 4.74 Å². The van der Waals surface area contributed by atoms with Crippen molar-refractivity contribution in [1.82, 2.24) is 0 Å². The first-order valence-electron chi connectivity index (χ1n) is 6.72. The van der Waals surface area contributed by atoms with Gasteiger partial charge < -0.3 is 4.74 Å². The van der Waals surface area contributed by atoms with Crippen molar-refractivity contribution in [2.45, 2.75) is 18.8 Å². The quantitative estimate of drug-likeness (QED) is 0.736. The van der Waals surface area contributed by atoms with Crippen LogP contribution >= 0.6 is 0 Å². The zero-order chi connectivity index (χ0) is 15.1. The fourth-order valence-electron chi connectivity index (χ4n) is 2.04. The van der Waals surface area contributed by atoms with Gasteiger partial charge in [0.25, 0.3) is 0 Å². The van der Waals surface area contributed by atoms with E-state index in [4.69, 9.17) is 10.00 Å². The van der Waals surface area contributed by atoms with E-state index in [1.54, 1.807) is 24.3 Å². The van der Waals surface area contributed by atoms with Crippen molar-refractivity contribution >= 4 is 0 Å². The van der Waals surface area contributed by atoms with Crippen molar-refractivity contribution in [3.63, 3.8) is 0 Å². The lowest BCUT2D eigenvalue weighted by Gasteiger charge is -2.10. The Morgan fingerprint density at radius 1 is 1.05 bits per heavy atom. The maximum Gasteiger partial charge on any atom is 0.126 e. The van der Waals surface area contributed by atoms with Crippen molar-refractivity contribution in [3.05, 3.63) is 65.7 Å². The number of nitriles is 1. The van der Waals surface area contributed by atoms with E-state index in [1.165, 1.54) is 24.3 Å². The van der Waals surface area contributed by atoms with E-state index < -0.39 is 0 Å². The third kappa shape index (κ3) is 4.57. The molecule has 0 saturated heterocycles. The first kappa shape index (κ1) is 15.0. The molecule has 0 aromatic heterocycles. The number of hydrogen-bond donors (Lipinski definition) is 0. The van der Waals surface area contributed by atoms with Crippen LogP contribution in [0.2, 0.25) is 0 Å². The van der Waals surface area contributed by atoms with Crippen LogP contribution in [0.4, 0.5) is 8.78 Å². The maximum atomic E-state index is 13.0. The summed E-state index contributed by atoms with van der Waals surface area (Å²) in [6, 6.07) is 14.1. The highest BCUT2D eigenvalue weighted by molar-refractivity contribution is 5.25. The van der Waals surface area contributed by atoms with E-state index in [1.807, 2.05) is 0 Å². The molecular weight excluding hydrogens is 272 g/mol. The zero-order valence-electron chi connectivity index (χ0n) is 11.4. The van der Waals surface area contributed by atoms with Gasteiger partial charge in [-0.2, -0.15) is 5.26 Å². The van der Waals surface area contributed by atoms with Gasteiger partial charge in [-0.3, -0.25) is 0 Å². The van der Waals surface area contributed by atoms with Crippen LogP contribution in [0.15, 0.2) is 48.5 Å². The van der Waals surface area contributed by atoms with E-state index >= 15 is 0 Å². The monoisotopic (exact) mass is 287 g/mol. The first-order valence-corrected chi connectivity index (χ1v) is 6.72. The summed E-state index contributed by atoms with van der Waals surface area (Å²) in [4.78, 5) is 0. The highest BCUT2D eigenvalue weighted by Crippen LogP contribution is 2.21. The summed E-state index contributed by atoms with van der Waals surface area (Å²) in [5.74, 6) is -0.467. The standard InChI is InChI=1S/C17H15F2NO/c18-15-8-6-13(7-9-15)14(12-20)3-2-10-21-17-5-1-4-16(19)11-17/h1,4-9,11,14H,2-3,10H2. The van der Waals surface area contributed by atoms with Crippen LogP contribution in [0.1, 0.15) is 24.3 Å². The Kier molecular flexibility index (Phi) is 5.28. The van der Waals surface area contributed by atoms with E-state index in [9.17, 15) is 8.78 Å². The molecule has 4 heteroatoms. The molecule has 2 rings (SSSR count). The van der Waals surface area contributed by atoms with Crippen molar-refractivity contribution in [2.24, 2.45) is 0 Å². The molecule has 0 heterocycles. The van der Waals surface area contributed by atoms with Gasteiger partial charge in [0.2, 0.25) is 0 Å². The fraction of sp³-hybridized carbons (Fsp3) is 0.235. The summed E-state index contributed by atoms with van der Waals surface area (Å²) < 4.78 is 31.2. The predicted molar refractivity (Wildman–Crippen MR) is 75.9 cm³/mol. The van der Waals surface area contributed by atoms with Crippen molar-refractivity contribution in [3.8, 4) is 11.8 Å². The second-order valence-corrected chi connectivity index (χ2v) is 4.68. The van der Waals surface area contributed by atoms with E-state index in [0.717, 1.165) is 5.56 Å². The van der Waals surface area contributed by atoms with Crippen molar-refractivity contribution in [1.29, 1.82) is 5.26 Å². The van der Waals surface area contributed by atoms with Crippen LogP contribution in [0.5, 0.6) is 5.75 Å². The minimum atomic E-state index is -0.339. The molecule has 21 heavy (non-hydrogen) atoms. The molecular formula is C17H15F2NO. The minimum absolute atomic E-state index is 0.290. The molecule has 2 aromatic carbocycles. The van der Waals surface area contributed by atoms with Gasteiger partial charge in [-0.05, 0) is 42.7 Å². The van der Waals surface area contributed by atoms with Gasteiger partial charge in [0.1, 0.15) is 17.4 Å². The predicted octanol–water partition coefficient (Wildman–Crippen LogP) is 4.43. The lowest BCUT2D eigenvalue weighted by atomic mass is 9.96. The smallest absolute Gasteiger partial charge is 0.126 e. The Balaban J connectivity index is 1.81. The molecule has 0 amide bonds. The lowest BCUT2D eigenvalue weighted by Crippen LogP contribution is -2.02. The van der Waals surface area contributed by atoms with Crippen LogP contribution in [-0.2, 0) is 0 Å². The zero-order valence-corrected chi connectivity index (χ0v) is 11.4. The van der Waals surface area contributed by atoms with E-state index in [0.29, 0.717) is 25.2 Å². The van der Waals surface area contributed by atoms with Crippen LogP contribution in [0, 0.1) is 23.0 Å². The molecule has 2 nitrogen and oxygen atoms in total. The number of hydrogen-bond acceptors (Lipinski definition) is 2. The van der Waals surface area contributed by atoms with Crippen molar-refractivity contribution in [2.75, 3.05) is 6.61 Å². The lowest BCUT2D eigenvalue weighted by molar-refractivity contribution is 0.303. The molecule has 0 spiro atoms. The summed E-state index contributed by atoms with van der Waals surface area (Å²) in [7, 11) is 0. The summed E-state index contributed by atoms with van der Waals surface area (Å²) in [6.45, 7) is 0.406. The van der Waals surface area contributed by atoms with Gasteiger partial charge in [0, 0.05) is 6.07 Å². The third-order valence-electron chi connectivity index (χ3n) is 3.13. The van der Waals surface area contributed by atoms with Crippen LogP contribution in [-0.4, -0.2) is 6.61 Å². The molecule has 0 aliphatic heterocycles. The topological polar surface area (TPSA) is 33.0 Å². The van der Waals surface area contributed by atoms with Crippen LogP contribution in [0.3, 0.4) is 0 Å². The van der Waals surface area contributed by atoms with E-state index in [-0.39, 0.29) is 17.6 Å². The molecule has 0 radical (unpaired) electrons.